The summed E-state index contributed by atoms with van der Waals surface area (Å²) in [6, 6.07) is 0.210. The predicted octanol–water partition coefficient (Wildman–Crippen LogP) is 0.436. The fraction of sp³-hybridized carbons (Fsp3) is 1.00. The molecule has 0 heterocycles. The minimum Gasteiger partial charge on any atom is -0.380 e. The average molecular weight is 223 g/mol. The molecule has 0 rings (SSSR count). The zero-order chi connectivity index (χ0) is 11.0. The Balaban J connectivity index is 3.54. The highest BCUT2D eigenvalue weighted by molar-refractivity contribution is 7.91. The number of rotatable bonds is 8. The van der Waals surface area contributed by atoms with Crippen LogP contribution in [-0.4, -0.2) is 45.7 Å². The molecule has 86 valence electrons. The maximum absolute atomic E-state index is 11.1. The van der Waals surface area contributed by atoms with Crippen molar-refractivity contribution in [2.24, 2.45) is 0 Å². The summed E-state index contributed by atoms with van der Waals surface area (Å²) in [4.78, 5) is 0. The molecule has 0 saturated heterocycles. The van der Waals surface area contributed by atoms with Gasteiger partial charge in [-0.1, -0.05) is 6.92 Å². The van der Waals surface area contributed by atoms with Crippen LogP contribution in [0, 0.1) is 0 Å². The molecule has 0 aromatic rings. The summed E-state index contributed by atoms with van der Waals surface area (Å²) in [6.07, 6.45) is 0. The lowest BCUT2D eigenvalue weighted by molar-refractivity contribution is 0.128. The summed E-state index contributed by atoms with van der Waals surface area (Å²) >= 11 is 0. The highest BCUT2D eigenvalue weighted by Crippen LogP contribution is 1.89. The number of hydrogen-bond acceptors (Lipinski definition) is 4. The molecule has 14 heavy (non-hydrogen) atoms. The Morgan fingerprint density at radius 3 is 2.50 bits per heavy atom. The van der Waals surface area contributed by atoms with Crippen molar-refractivity contribution in [3.8, 4) is 0 Å². The standard InChI is InChI=1S/C9H21NO3S/c1-4-13-8-9(3)10-6-7-14(11,12)5-2/h9-10H,4-8H2,1-3H3. The van der Waals surface area contributed by atoms with Crippen molar-refractivity contribution in [3.05, 3.63) is 0 Å². The molecule has 0 bridgehead atoms. The average Bonchev–Trinajstić information content (AvgIpc) is 2.14. The Bertz CT molecular complexity index is 226. The van der Waals surface area contributed by atoms with Gasteiger partial charge in [0.2, 0.25) is 0 Å². The largest absolute Gasteiger partial charge is 0.380 e. The number of nitrogens with one attached hydrogen (secondary N) is 1. The lowest BCUT2D eigenvalue weighted by Crippen LogP contribution is -2.34. The van der Waals surface area contributed by atoms with Gasteiger partial charge in [0.25, 0.3) is 0 Å². The van der Waals surface area contributed by atoms with Crippen LogP contribution >= 0.6 is 0 Å². The van der Waals surface area contributed by atoms with E-state index in [2.05, 4.69) is 5.32 Å². The monoisotopic (exact) mass is 223 g/mol. The Morgan fingerprint density at radius 1 is 1.36 bits per heavy atom. The van der Waals surface area contributed by atoms with Crippen LogP contribution in [0.5, 0.6) is 0 Å². The third kappa shape index (κ3) is 7.29. The molecule has 5 heteroatoms. The molecule has 1 N–H and O–H groups in total. The number of hydrogen-bond donors (Lipinski definition) is 1. The van der Waals surface area contributed by atoms with Crippen molar-refractivity contribution in [3.63, 3.8) is 0 Å². The number of ether oxygens (including phenoxy) is 1. The van der Waals surface area contributed by atoms with E-state index in [1.807, 2.05) is 13.8 Å². The fourth-order valence-electron chi connectivity index (χ4n) is 0.959. The highest BCUT2D eigenvalue weighted by Gasteiger charge is 2.07. The fourth-order valence-corrected chi connectivity index (χ4v) is 1.68. The first kappa shape index (κ1) is 13.9. The maximum atomic E-state index is 11.1. The zero-order valence-electron chi connectivity index (χ0n) is 9.25. The second-order valence-corrected chi connectivity index (χ2v) is 5.72. The van der Waals surface area contributed by atoms with Gasteiger partial charge in [-0.05, 0) is 13.8 Å². The first-order chi connectivity index (χ1) is 6.52. The molecular formula is C9H21NO3S. The Hall–Kier alpha value is -0.130. The van der Waals surface area contributed by atoms with E-state index in [0.29, 0.717) is 19.8 Å². The van der Waals surface area contributed by atoms with E-state index in [4.69, 9.17) is 4.74 Å². The maximum Gasteiger partial charge on any atom is 0.151 e. The van der Waals surface area contributed by atoms with E-state index in [9.17, 15) is 8.42 Å². The predicted molar refractivity (Wildman–Crippen MR) is 58.3 cm³/mol. The van der Waals surface area contributed by atoms with Crippen molar-refractivity contribution in [2.75, 3.05) is 31.3 Å². The molecule has 0 aromatic heterocycles. The zero-order valence-corrected chi connectivity index (χ0v) is 10.1. The van der Waals surface area contributed by atoms with Crippen LogP contribution in [0.1, 0.15) is 20.8 Å². The van der Waals surface area contributed by atoms with Crippen LogP contribution < -0.4 is 5.32 Å². The van der Waals surface area contributed by atoms with E-state index < -0.39 is 9.84 Å². The van der Waals surface area contributed by atoms with Crippen molar-refractivity contribution >= 4 is 9.84 Å². The van der Waals surface area contributed by atoms with E-state index in [0.717, 1.165) is 0 Å². The molecular weight excluding hydrogens is 202 g/mol. The molecule has 1 unspecified atom stereocenters. The van der Waals surface area contributed by atoms with Gasteiger partial charge in [0.05, 0.1) is 12.4 Å². The third-order valence-corrected chi connectivity index (χ3v) is 3.62. The van der Waals surface area contributed by atoms with Crippen LogP contribution in [0.4, 0.5) is 0 Å². The molecule has 0 saturated carbocycles. The molecule has 0 aliphatic heterocycles. The van der Waals surface area contributed by atoms with Crippen molar-refractivity contribution in [2.45, 2.75) is 26.8 Å². The summed E-state index contributed by atoms with van der Waals surface area (Å²) in [5.74, 6) is 0.425. The minimum atomic E-state index is -2.84. The molecule has 0 aliphatic rings. The van der Waals surface area contributed by atoms with E-state index in [1.54, 1.807) is 6.92 Å². The van der Waals surface area contributed by atoms with Gasteiger partial charge < -0.3 is 10.1 Å². The molecule has 0 aromatic carbocycles. The highest BCUT2D eigenvalue weighted by atomic mass is 32.2. The first-order valence-electron chi connectivity index (χ1n) is 5.03. The summed E-state index contributed by atoms with van der Waals surface area (Å²) in [7, 11) is -2.84. The van der Waals surface area contributed by atoms with Gasteiger partial charge in [-0.25, -0.2) is 8.42 Å². The van der Waals surface area contributed by atoms with Gasteiger partial charge in [-0.3, -0.25) is 0 Å². The topological polar surface area (TPSA) is 55.4 Å². The van der Waals surface area contributed by atoms with Gasteiger partial charge in [-0.2, -0.15) is 0 Å². The van der Waals surface area contributed by atoms with Gasteiger partial charge >= 0.3 is 0 Å². The molecule has 0 amide bonds. The molecule has 0 fully saturated rings. The van der Waals surface area contributed by atoms with Gasteiger partial charge in [0, 0.05) is 24.9 Å². The summed E-state index contributed by atoms with van der Waals surface area (Å²) < 4.78 is 27.4. The van der Waals surface area contributed by atoms with Crippen LogP contribution in [0.3, 0.4) is 0 Å². The summed E-state index contributed by atoms with van der Waals surface area (Å²) in [6.45, 7) is 7.41. The SMILES string of the molecule is CCOCC(C)NCCS(=O)(=O)CC. The van der Waals surface area contributed by atoms with E-state index >= 15 is 0 Å². The van der Waals surface area contributed by atoms with Crippen LogP contribution in [0.2, 0.25) is 0 Å². The van der Waals surface area contributed by atoms with E-state index in [-0.39, 0.29) is 17.5 Å². The van der Waals surface area contributed by atoms with Crippen molar-refractivity contribution < 1.29 is 13.2 Å². The Labute approximate surface area is 86.9 Å². The molecule has 4 nitrogen and oxygen atoms in total. The van der Waals surface area contributed by atoms with E-state index in [1.165, 1.54) is 0 Å². The summed E-state index contributed by atoms with van der Waals surface area (Å²) in [5, 5.41) is 3.10. The molecule has 0 radical (unpaired) electrons. The summed E-state index contributed by atoms with van der Waals surface area (Å²) in [5.41, 5.74) is 0. The van der Waals surface area contributed by atoms with Crippen LogP contribution in [0.15, 0.2) is 0 Å². The molecule has 1 atom stereocenters. The normalized spacial score (nSPS) is 14.2. The van der Waals surface area contributed by atoms with Crippen molar-refractivity contribution in [1.29, 1.82) is 0 Å². The van der Waals surface area contributed by atoms with Gasteiger partial charge in [0.15, 0.2) is 9.84 Å². The minimum absolute atomic E-state index is 0.208. The van der Waals surface area contributed by atoms with Gasteiger partial charge in [-0.15, -0.1) is 0 Å². The second kappa shape index (κ2) is 7.20. The first-order valence-corrected chi connectivity index (χ1v) is 6.85. The smallest absolute Gasteiger partial charge is 0.151 e. The third-order valence-electron chi connectivity index (χ3n) is 1.92. The van der Waals surface area contributed by atoms with Crippen LogP contribution in [0.25, 0.3) is 0 Å². The quantitative estimate of drug-likeness (QED) is 0.648. The lowest BCUT2D eigenvalue weighted by Gasteiger charge is -2.13. The Kier molecular flexibility index (Phi) is 7.13. The number of sulfone groups is 1. The lowest BCUT2D eigenvalue weighted by atomic mass is 10.3. The van der Waals surface area contributed by atoms with Crippen molar-refractivity contribution in [1.82, 2.24) is 5.32 Å². The van der Waals surface area contributed by atoms with Crippen LogP contribution in [-0.2, 0) is 14.6 Å². The molecule has 0 spiro atoms. The second-order valence-electron chi connectivity index (χ2n) is 3.25. The Morgan fingerprint density at radius 2 is 2.00 bits per heavy atom. The molecule has 0 aliphatic carbocycles. The van der Waals surface area contributed by atoms with Gasteiger partial charge in [0.1, 0.15) is 0 Å².